The van der Waals surface area contributed by atoms with Gasteiger partial charge in [-0.2, -0.15) is 0 Å². The molecule has 5 nitrogen and oxygen atoms in total. The van der Waals surface area contributed by atoms with Crippen LogP contribution in [0.2, 0.25) is 0 Å². The topological polar surface area (TPSA) is 48.5 Å². The van der Waals surface area contributed by atoms with Crippen molar-refractivity contribution in [2.45, 2.75) is 0 Å². The van der Waals surface area contributed by atoms with E-state index in [1.165, 1.54) is 0 Å². The minimum atomic E-state index is -0.142. The molecule has 1 heterocycles. The minimum Gasteiger partial charge on any atom is -0.378 e. The molecule has 0 spiro atoms. The van der Waals surface area contributed by atoms with Crippen molar-refractivity contribution in [1.29, 1.82) is 0 Å². The second-order valence-electron chi connectivity index (χ2n) is 5.20. The van der Waals surface area contributed by atoms with Crippen LogP contribution in [-0.2, 0) is 0 Å². The van der Waals surface area contributed by atoms with Gasteiger partial charge in [0.25, 0.3) is 5.91 Å². The van der Waals surface area contributed by atoms with Gasteiger partial charge in [0, 0.05) is 51.3 Å². The lowest BCUT2D eigenvalue weighted by molar-refractivity contribution is 0.102. The van der Waals surface area contributed by atoms with Crippen LogP contribution >= 0.6 is 0 Å². The van der Waals surface area contributed by atoms with E-state index < -0.39 is 0 Å². The first kappa shape index (κ1) is 14.8. The molecular formula is C16H20N4O. The van der Waals surface area contributed by atoms with Gasteiger partial charge in [0.15, 0.2) is 0 Å². The maximum atomic E-state index is 12.3. The Morgan fingerprint density at radius 1 is 1.05 bits per heavy atom. The summed E-state index contributed by atoms with van der Waals surface area (Å²) in [6.07, 6.45) is 1.64. The second-order valence-corrected chi connectivity index (χ2v) is 5.20. The SMILES string of the molecule is CN(C)c1cccc(NC(=O)c2ccnc(N(C)C)c2)c1. The fourth-order valence-corrected chi connectivity index (χ4v) is 1.87. The summed E-state index contributed by atoms with van der Waals surface area (Å²) in [5.41, 5.74) is 2.40. The number of anilines is 3. The van der Waals surface area contributed by atoms with Crippen LogP contribution in [0.1, 0.15) is 10.4 Å². The fourth-order valence-electron chi connectivity index (χ4n) is 1.87. The Balaban J connectivity index is 2.18. The number of nitrogens with one attached hydrogen (secondary N) is 1. The molecule has 2 rings (SSSR count). The summed E-state index contributed by atoms with van der Waals surface area (Å²) in [6, 6.07) is 11.2. The number of pyridine rings is 1. The van der Waals surface area contributed by atoms with E-state index in [1.807, 2.05) is 62.3 Å². The molecule has 0 bridgehead atoms. The molecule has 5 heteroatoms. The van der Waals surface area contributed by atoms with Crippen molar-refractivity contribution in [2.24, 2.45) is 0 Å². The number of aromatic nitrogens is 1. The van der Waals surface area contributed by atoms with Gasteiger partial charge in [0.05, 0.1) is 0 Å². The van der Waals surface area contributed by atoms with Crippen LogP contribution in [-0.4, -0.2) is 39.1 Å². The molecule has 0 aliphatic heterocycles. The summed E-state index contributed by atoms with van der Waals surface area (Å²) in [7, 11) is 7.72. The highest BCUT2D eigenvalue weighted by Gasteiger charge is 2.09. The predicted molar refractivity (Wildman–Crippen MR) is 87.3 cm³/mol. The molecule has 0 fully saturated rings. The maximum absolute atomic E-state index is 12.3. The minimum absolute atomic E-state index is 0.142. The summed E-state index contributed by atoms with van der Waals surface area (Å²) in [5.74, 6) is 0.612. The summed E-state index contributed by atoms with van der Waals surface area (Å²) in [5, 5.41) is 2.91. The maximum Gasteiger partial charge on any atom is 0.255 e. The number of hydrogen-bond acceptors (Lipinski definition) is 4. The summed E-state index contributed by atoms with van der Waals surface area (Å²) in [4.78, 5) is 20.4. The Morgan fingerprint density at radius 3 is 2.48 bits per heavy atom. The molecule has 1 amide bonds. The first-order chi connectivity index (χ1) is 9.97. The third kappa shape index (κ3) is 3.72. The molecule has 0 aliphatic carbocycles. The number of carbonyl (C=O) groups is 1. The summed E-state index contributed by atoms with van der Waals surface area (Å²) >= 11 is 0. The largest absolute Gasteiger partial charge is 0.378 e. The molecule has 0 saturated heterocycles. The molecule has 0 atom stereocenters. The lowest BCUT2D eigenvalue weighted by Crippen LogP contribution is -2.15. The number of hydrogen-bond donors (Lipinski definition) is 1. The van der Waals surface area contributed by atoms with E-state index in [4.69, 9.17) is 0 Å². The van der Waals surface area contributed by atoms with E-state index in [1.54, 1.807) is 18.3 Å². The first-order valence-corrected chi connectivity index (χ1v) is 6.69. The van der Waals surface area contributed by atoms with Gasteiger partial charge in [0.2, 0.25) is 0 Å². The van der Waals surface area contributed by atoms with Crippen molar-refractivity contribution >= 4 is 23.1 Å². The van der Waals surface area contributed by atoms with Gasteiger partial charge in [-0.05, 0) is 30.3 Å². The number of nitrogens with zero attached hydrogens (tertiary/aromatic N) is 3. The molecule has 110 valence electrons. The van der Waals surface area contributed by atoms with E-state index in [0.717, 1.165) is 17.2 Å². The van der Waals surface area contributed by atoms with Gasteiger partial charge in [-0.1, -0.05) is 6.07 Å². The van der Waals surface area contributed by atoms with Crippen LogP contribution < -0.4 is 15.1 Å². The molecule has 0 saturated carbocycles. The first-order valence-electron chi connectivity index (χ1n) is 6.69. The fraction of sp³-hybridized carbons (Fsp3) is 0.250. The highest BCUT2D eigenvalue weighted by Crippen LogP contribution is 2.18. The van der Waals surface area contributed by atoms with Gasteiger partial charge in [-0.25, -0.2) is 4.98 Å². The monoisotopic (exact) mass is 284 g/mol. The molecule has 0 aliphatic rings. The third-order valence-corrected chi connectivity index (χ3v) is 3.09. The van der Waals surface area contributed by atoms with Crippen molar-refractivity contribution in [3.8, 4) is 0 Å². The molecular weight excluding hydrogens is 264 g/mol. The van der Waals surface area contributed by atoms with E-state index in [9.17, 15) is 4.79 Å². The van der Waals surface area contributed by atoms with Crippen molar-refractivity contribution in [1.82, 2.24) is 4.98 Å². The standard InChI is InChI=1S/C16H20N4O/c1-19(2)14-7-5-6-13(11-14)18-16(21)12-8-9-17-15(10-12)20(3)4/h5-11H,1-4H3,(H,18,21). The molecule has 1 aromatic heterocycles. The third-order valence-electron chi connectivity index (χ3n) is 3.09. The zero-order valence-corrected chi connectivity index (χ0v) is 12.8. The Bertz CT molecular complexity index is 638. The molecule has 1 aromatic carbocycles. The van der Waals surface area contributed by atoms with Crippen molar-refractivity contribution in [3.05, 3.63) is 48.2 Å². The predicted octanol–water partition coefficient (Wildman–Crippen LogP) is 2.47. The van der Waals surface area contributed by atoms with Crippen molar-refractivity contribution in [2.75, 3.05) is 43.3 Å². The Kier molecular flexibility index (Phi) is 4.42. The van der Waals surface area contributed by atoms with Crippen LogP contribution in [0.25, 0.3) is 0 Å². The lowest BCUT2D eigenvalue weighted by Gasteiger charge is -2.14. The quantitative estimate of drug-likeness (QED) is 0.937. The highest BCUT2D eigenvalue weighted by atomic mass is 16.1. The molecule has 0 unspecified atom stereocenters. The van der Waals surface area contributed by atoms with Gasteiger partial charge in [0.1, 0.15) is 5.82 Å². The molecule has 1 N–H and O–H groups in total. The smallest absolute Gasteiger partial charge is 0.255 e. The zero-order chi connectivity index (χ0) is 15.4. The summed E-state index contributed by atoms with van der Waals surface area (Å²) < 4.78 is 0. The Morgan fingerprint density at radius 2 is 1.81 bits per heavy atom. The van der Waals surface area contributed by atoms with Gasteiger partial charge in [-0.3, -0.25) is 4.79 Å². The van der Waals surface area contributed by atoms with Crippen LogP contribution in [0.15, 0.2) is 42.6 Å². The van der Waals surface area contributed by atoms with E-state index in [0.29, 0.717) is 5.56 Å². The number of carbonyl (C=O) groups excluding carboxylic acids is 1. The Hall–Kier alpha value is -2.56. The van der Waals surface area contributed by atoms with Crippen LogP contribution in [0.4, 0.5) is 17.2 Å². The second kappa shape index (κ2) is 6.26. The average Bonchev–Trinajstić information content (AvgIpc) is 2.47. The average molecular weight is 284 g/mol. The molecule has 21 heavy (non-hydrogen) atoms. The number of rotatable bonds is 4. The van der Waals surface area contributed by atoms with E-state index in [2.05, 4.69) is 10.3 Å². The van der Waals surface area contributed by atoms with E-state index >= 15 is 0 Å². The van der Waals surface area contributed by atoms with Crippen LogP contribution in [0, 0.1) is 0 Å². The highest BCUT2D eigenvalue weighted by molar-refractivity contribution is 6.04. The number of amides is 1. The van der Waals surface area contributed by atoms with E-state index in [-0.39, 0.29) is 5.91 Å². The van der Waals surface area contributed by atoms with Gasteiger partial charge in [-0.15, -0.1) is 0 Å². The molecule has 0 radical (unpaired) electrons. The Labute approximate surface area is 125 Å². The van der Waals surface area contributed by atoms with Crippen LogP contribution in [0.3, 0.4) is 0 Å². The lowest BCUT2D eigenvalue weighted by atomic mass is 10.2. The van der Waals surface area contributed by atoms with Crippen molar-refractivity contribution < 1.29 is 4.79 Å². The van der Waals surface area contributed by atoms with Crippen molar-refractivity contribution in [3.63, 3.8) is 0 Å². The summed E-state index contributed by atoms with van der Waals surface area (Å²) in [6.45, 7) is 0. The van der Waals surface area contributed by atoms with Crippen LogP contribution in [0.5, 0.6) is 0 Å². The van der Waals surface area contributed by atoms with Gasteiger partial charge < -0.3 is 15.1 Å². The normalized spacial score (nSPS) is 10.1. The molecule has 2 aromatic rings. The number of benzene rings is 1. The zero-order valence-electron chi connectivity index (χ0n) is 12.8. The van der Waals surface area contributed by atoms with Gasteiger partial charge >= 0.3 is 0 Å².